The molecular formula is C14H16F5N3S. The molecule has 3 rings (SSSR count). The molecule has 2 aromatic rings. The normalized spacial score (nSPS) is 20.0. The molecule has 1 fully saturated rings. The zero-order valence-corrected chi connectivity index (χ0v) is 13.0. The van der Waals surface area contributed by atoms with E-state index in [0.29, 0.717) is 17.8 Å². The fraction of sp³-hybridized carbons (Fsp3) is 0.429. The molecule has 0 unspecified atom stereocenters. The van der Waals surface area contributed by atoms with Crippen LogP contribution in [-0.4, -0.2) is 15.0 Å². The first-order valence-electron chi connectivity index (χ1n) is 7.30. The van der Waals surface area contributed by atoms with Crippen LogP contribution in [0.15, 0.2) is 35.4 Å². The largest absolute Gasteiger partial charge is 0.310 e. The summed E-state index contributed by atoms with van der Waals surface area (Å²) in [5, 5.41) is 7.79. The van der Waals surface area contributed by atoms with Crippen molar-refractivity contribution < 1.29 is 19.4 Å². The smallest absolute Gasteiger partial charge is 0.220 e. The van der Waals surface area contributed by atoms with E-state index in [0.717, 1.165) is 42.9 Å². The molecule has 0 spiro atoms. The Morgan fingerprint density at radius 2 is 1.70 bits per heavy atom. The minimum Gasteiger partial charge on any atom is -0.220 e. The summed E-state index contributed by atoms with van der Waals surface area (Å²) in [4.78, 5) is -1.92. The zero-order valence-electron chi connectivity index (χ0n) is 12.1. The summed E-state index contributed by atoms with van der Waals surface area (Å²) in [5.41, 5.74) is 0.618. The zero-order chi connectivity index (χ0) is 16.8. The van der Waals surface area contributed by atoms with Gasteiger partial charge in [0.1, 0.15) is 4.90 Å². The van der Waals surface area contributed by atoms with Crippen LogP contribution in [0.25, 0.3) is 5.69 Å². The number of aromatic nitrogens is 3. The molecule has 0 atom stereocenters. The second kappa shape index (κ2) is 4.68. The van der Waals surface area contributed by atoms with Gasteiger partial charge in [0.2, 0.25) is 0 Å². The number of hydrogen-bond acceptors (Lipinski definition) is 2. The van der Waals surface area contributed by atoms with Crippen LogP contribution >= 0.6 is 10.2 Å². The number of benzene rings is 1. The summed E-state index contributed by atoms with van der Waals surface area (Å²) in [7, 11) is -9.70. The van der Waals surface area contributed by atoms with Crippen molar-refractivity contribution in [3.8, 4) is 5.69 Å². The highest BCUT2D eigenvalue weighted by atomic mass is 32.5. The first kappa shape index (κ1) is 16.2. The molecule has 0 amide bonds. The Balaban J connectivity index is 1.93. The maximum absolute atomic E-state index is 12.9. The SMILES string of the molecule is FS(F)(F)(F)(F)c1cccc(-n2cc(C3CCCCC3)nn2)c1. The molecule has 0 saturated heterocycles. The highest BCUT2D eigenvalue weighted by Crippen LogP contribution is 3.02. The minimum atomic E-state index is -9.70. The molecule has 1 heterocycles. The van der Waals surface area contributed by atoms with Crippen molar-refractivity contribution in [3.05, 3.63) is 36.2 Å². The van der Waals surface area contributed by atoms with E-state index >= 15 is 0 Å². The van der Waals surface area contributed by atoms with Crippen molar-refractivity contribution in [1.82, 2.24) is 15.0 Å². The van der Waals surface area contributed by atoms with Crippen molar-refractivity contribution in [2.24, 2.45) is 0 Å². The Labute approximate surface area is 130 Å². The van der Waals surface area contributed by atoms with Gasteiger partial charge >= 0.3 is 10.2 Å². The van der Waals surface area contributed by atoms with Crippen molar-refractivity contribution in [2.75, 3.05) is 0 Å². The van der Waals surface area contributed by atoms with E-state index in [1.54, 1.807) is 0 Å². The van der Waals surface area contributed by atoms with Gasteiger partial charge < -0.3 is 0 Å². The fourth-order valence-electron chi connectivity index (χ4n) is 2.85. The van der Waals surface area contributed by atoms with Crippen LogP contribution in [0.4, 0.5) is 19.4 Å². The molecule has 3 nitrogen and oxygen atoms in total. The van der Waals surface area contributed by atoms with E-state index < -0.39 is 15.1 Å². The number of halogens is 5. The van der Waals surface area contributed by atoms with E-state index in [1.165, 1.54) is 12.3 Å². The van der Waals surface area contributed by atoms with E-state index in [-0.39, 0.29) is 11.6 Å². The standard InChI is InChI=1S/C14H16F5N3S/c15-23(16,17,18,19)13-8-4-7-12(9-13)22-10-14(20-21-22)11-5-2-1-3-6-11/h4,7-11H,1-3,5-6H2. The molecule has 1 aliphatic carbocycles. The van der Waals surface area contributed by atoms with Crippen LogP contribution in [-0.2, 0) is 0 Å². The predicted octanol–water partition coefficient (Wildman–Crippen LogP) is 5.97. The van der Waals surface area contributed by atoms with Crippen LogP contribution in [0.1, 0.15) is 43.7 Å². The average Bonchev–Trinajstić information content (AvgIpc) is 2.96. The number of hydrogen-bond donors (Lipinski definition) is 0. The molecule has 0 bridgehead atoms. The lowest BCUT2D eigenvalue weighted by atomic mass is 9.87. The number of nitrogens with zero attached hydrogens (tertiary/aromatic N) is 3. The summed E-state index contributed by atoms with van der Waals surface area (Å²) in [6, 6.07) is 3.04. The van der Waals surface area contributed by atoms with Gasteiger partial charge in [0, 0.05) is 5.92 Å². The summed E-state index contributed by atoms with van der Waals surface area (Å²) in [6.45, 7) is 0. The van der Waals surface area contributed by atoms with E-state index in [4.69, 9.17) is 0 Å². The molecule has 23 heavy (non-hydrogen) atoms. The first-order chi connectivity index (χ1) is 10.5. The Hall–Kier alpha value is -1.64. The Morgan fingerprint density at radius 3 is 2.35 bits per heavy atom. The minimum absolute atomic E-state index is 0.0784. The molecule has 0 aliphatic heterocycles. The summed E-state index contributed by atoms with van der Waals surface area (Å²) in [6.07, 6.45) is 6.78. The summed E-state index contributed by atoms with van der Waals surface area (Å²) in [5.74, 6) is 0.233. The van der Waals surface area contributed by atoms with Crippen LogP contribution in [0.2, 0.25) is 0 Å². The van der Waals surface area contributed by atoms with Gasteiger partial charge in [-0.05, 0) is 31.0 Å². The fourth-order valence-corrected chi connectivity index (χ4v) is 3.53. The Morgan fingerprint density at radius 1 is 1.00 bits per heavy atom. The highest BCUT2D eigenvalue weighted by Gasteiger charge is 2.65. The topological polar surface area (TPSA) is 30.7 Å². The highest BCUT2D eigenvalue weighted by molar-refractivity contribution is 8.45. The lowest BCUT2D eigenvalue weighted by Crippen LogP contribution is -2.07. The average molecular weight is 353 g/mol. The lowest BCUT2D eigenvalue weighted by Gasteiger charge is -2.40. The third-order valence-corrected chi connectivity index (χ3v) is 5.21. The van der Waals surface area contributed by atoms with Gasteiger partial charge in [0.05, 0.1) is 17.6 Å². The van der Waals surface area contributed by atoms with Crippen LogP contribution in [0.5, 0.6) is 0 Å². The summed E-state index contributed by atoms with van der Waals surface area (Å²) < 4.78 is 65.6. The van der Waals surface area contributed by atoms with Crippen molar-refractivity contribution in [2.45, 2.75) is 42.9 Å². The van der Waals surface area contributed by atoms with Crippen molar-refractivity contribution in [3.63, 3.8) is 0 Å². The molecule has 0 N–H and O–H groups in total. The third kappa shape index (κ3) is 3.65. The van der Waals surface area contributed by atoms with Crippen molar-refractivity contribution in [1.29, 1.82) is 0 Å². The third-order valence-electron chi connectivity index (χ3n) is 4.06. The quantitative estimate of drug-likeness (QED) is 0.636. The second-order valence-corrected chi connectivity index (χ2v) is 8.30. The van der Waals surface area contributed by atoms with Crippen LogP contribution in [0.3, 0.4) is 0 Å². The molecule has 128 valence electrons. The van der Waals surface area contributed by atoms with Gasteiger partial charge in [-0.2, -0.15) is 0 Å². The maximum Gasteiger partial charge on any atom is 0.310 e. The lowest BCUT2D eigenvalue weighted by molar-refractivity contribution is 0.364. The van der Waals surface area contributed by atoms with Gasteiger partial charge in [-0.3, -0.25) is 0 Å². The van der Waals surface area contributed by atoms with Crippen LogP contribution in [0, 0.1) is 0 Å². The maximum atomic E-state index is 12.9. The van der Waals surface area contributed by atoms with E-state index in [9.17, 15) is 19.4 Å². The van der Waals surface area contributed by atoms with Gasteiger partial charge in [-0.25, -0.2) is 4.68 Å². The molecule has 1 saturated carbocycles. The Bertz CT molecular complexity index is 720. The van der Waals surface area contributed by atoms with E-state index in [1.807, 2.05) is 0 Å². The molecule has 9 heteroatoms. The second-order valence-electron chi connectivity index (χ2n) is 5.89. The van der Waals surface area contributed by atoms with Gasteiger partial charge in [-0.1, -0.05) is 50.0 Å². The molecular weight excluding hydrogens is 337 g/mol. The number of rotatable bonds is 3. The van der Waals surface area contributed by atoms with Gasteiger partial charge in [0.25, 0.3) is 0 Å². The van der Waals surface area contributed by atoms with Crippen LogP contribution < -0.4 is 0 Å². The molecule has 1 aliphatic rings. The molecule has 1 aromatic heterocycles. The van der Waals surface area contributed by atoms with Crippen molar-refractivity contribution >= 4 is 10.2 Å². The molecule has 1 aromatic carbocycles. The van der Waals surface area contributed by atoms with Gasteiger partial charge in [-0.15, -0.1) is 5.10 Å². The first-order valence-corrected chi connectivity index (χ1v) is 9.25. The monoisotopic (exact) mass is 353 g/mol. The van der Waals surface area contributed by atoms with E-state index in [2.05, 4.69) is 10.3 Å². The van der Waals surface area contributed by atoms with Gasteiger partial charge in [0.15, 0.2) is 0 Å². The molecule has 0 radical (unpaired) electrons. The summed E-state index contributed by atoms with van der Waals surface area (Å²) >= 11 is 0. The Kier molecular flexibility index (Phi) is 3.30. The predicted molar refractivity (Wildman–Crippen MR) is 78.6 cm³/mol.